The molecule has 0 unspecified atom stereocenters. The van der Waals surface area contributed by atoms with Crippen LogP contribution in [0.25, 0.3) is 0 Å². The highest BCUT2D eigenvalue weighted by Gasteiger charge is 2.36. The number of anilines is 1. The third-order valence-corrected chi connectivity index (χ3v) is 7.17. The van der Waals surface area contributed by atoms with Gasteiger partial charge in [0, 0.05) is 39.3 Å². The van der Waals surface area contributed by atoms with Crippen LogP contribution in [0.2, 0.25) is 0 Å². The number of nitrogens with one attached hydrogen (secondary N) is 1. The van der Waals surface area contributed by atoms with Gasteiger partial charge < -0.3 is 15.8 Å². The van der Waals surface area contributed by atoms with Crippen LogP contribution in [0.15, 0.2) is 24.3 Å². The van der Waals surface area contributed by atoms with Crippen LogP contribution < -0.4 is 11.1 Å². The lowest BCUT2D eigenvalue weighted by atomic mass is 10.1. The number of benzene rings is 1. The summed E-state index contributed by atoms with van der Waals surface area (Å²) >= 11 is 0. The lowest BCUT2D eigenvalue weighted by Crippen LogP contribution is -2.57. The van der Waals surface area contributed by atoms with E-state index in [1.54, 1.807) is 24.3 Å². The maximum Gasteiger partial charge on any atom is 0.282 e. The first-order valence-electron chi connectivity index (χ1n) is 9.98. The molecule has 2 heterocycles. The average Bonchev–Trinajstić information content (AvgIpc) is 2.68. The number of piperazine rings is 1. The van der Waals surface area contributed by atoms with E-state index in [0.717, 1.165) is 0 Å². The van der Waals surface area contributed by atoms with E-state index in [0.29, 0.717) is 45.0 Å². The third kappa shape index (κ3) is 5.35. The third-order valence-electron chi connectivity index (χ3n) is 5.20. The minimum absolute atomic E-state index is 0.104. The standard InChI is InChI=1S/C19H29N5O5S/c1-14-11-24(12-15(2)29-14)30(27,28)23-9-7-22(8-10-23)13-18(25)21-17-6-4-3-5-16(17)19(20)26/h3-6,14-15H,7-13H2,1-2H3,(H2,20,26)(H,21,25)/t14-,15-/m0/s1. The summed E-state index contributed by atoms with van der Waals surface area (Å²) in [6.07, 6.45) is -0.284. The van der Waals surface area contributed by atoms with Gasteiger partial charge in [0.05, 0.1) is 30.0 Å². The summed E-state index contributed by atoms with van der Waals surface area (Å²) in [5, 5.41) is 2.71. The van der Waals surface area contributed by atoms with Crippen molar-refractivity contribution in [3.63, 3.8) is 0 Å². The molecule has 10 nitrogen and oxygen atoms in total. The molecule has 0 bridgehead atoms. The Hall–Kier alpha value is -2.05. The number of amides is 2. The summed E-state index contributed by atoms with van der Waals surface area (Å²) in [6.45, 7) is 6.03. The summed E-state index contributed by atoms with van der Waals surface area (Å²) in [5.41, 5.74) is 5.95. The van der Waals surface area contributed by atoms with Crippen LogP contribution in [-0.2, 0) is 19.7 Å². The van der Waals surface area contributed by atoms with Gasteiger partial charge in [-0.05, 0) is 26.0 Å². The Morgan fingerprint density at radius 1 is 1.07 bits per heavy atom. The molecule has 0 aliphatic carbocycles. The summed E-state index contributed by atoms with van der Waals surface area (Å²) in [7, 11) is -3.56. The number of hydrogen-bond acceptors (Lipinski definition) is 6. The first kappa shape index (κ1) is 22.6. The van der Waals surface area contributed by atoms with E-state index in [9.17, 15) is 18.0 Å². The van der Waals surface area contributed by atoms with Gasteiger partial charge in [-0.15, -0.1) is 0 Å². The van der Waals surface area contributed by atoms with Crippen molar-refractivity contribution >= 4 is 27.7 Å². The average molecular weight is 440 g/mol. The molecule has 2 atom stereocenters. The monoisotopic (exact) mass is 439 g/mol. The Bertz CT molecular complexity index is 875. The van der Waals surface area contributed by atoms with E-state index in [2.05, 4.69) is 5.32 Å². The van der Waals surface area contributed by atoms with Gasteiger partial charge in [0.15, 0.2) is 0 Å². The molecule has 3 N–H and O–H groups in total. The Labute approximate surface area is 177 Å². The molecule has 2 amide bonds. The highest BCUT2D eigenvalue weighted by Crippen LogP contribution is 2.19. The number of nitrogens with zero attached hydrogens (tertiary/aromatic N) is 3. The second kappa shape index (κ2) is 9.40. The zero-order valence-electron chi connectivity index (χ0n) is 17.3. The van der Waals surface area contributed by atoms with E-state index < -0.39 is 16.1 Å². The maximum atomic E-state index is 13.0. The predicted octanol–water partition coefficient (Wildman–Crippen LogP) is -0.304. The molecule has 2 aliphatic rings. The summed E-state index contributed by atoms with van der Waals surface area (Å²) in [4.78, 5) is 25.8. The number of carbonyl (C=O) groups is 2. The molecule has 3 rings (SSSR count). The zero-order chi connectivity index (χ0) is 21.9. The number of nitrogens with two attached hydrogens (primary N) is 1. The molecule has 0 spiro atoms. The number of rotatable bonds is 6. The van der Waals surface area contributed by atoms with Gasteiger partial charge in [-0.3, -0.25) is 14.5 Å². The lowest BCUT2D eigenvalue weighted by molar-refractivity contribution is -0.117. The van der Waals surface area contributed by atoms with Crippen molar-refractivity contribution in [1.82, 2.24) is 13.5 Å². The first-order valence-corrected chi connectivity index (χ1v) is 11.4. The normalized spacial score (nSPS) is 24.5. The van der Waals surface area contributed by atoms with Gasteiger partial charge in [0.2, 0.25) is 5.91 Å². The molecule has 11 heteroatoms. The molecule has 2 fully saturated rings. The Balaban J connectivity index is 1.53. The molecule has 0 radical (unpaired) electrons. The van der Waals surface area contributed by atoms with Crippen molar-refractivity contribution < 1.29 is 22.7 Å². The quantitative estimate of drug-likeness (QED) is 0.627. The van der Waals surface area contributed by atoms with Gasteiger partial charge in [-0.2, -0.15) is 17.0 Å². The van der Waals surface area contributed by atoms with Crippen LogP contribution in [0.4, 0.5) is 5.69 Å². The van der Waals surface area contributed by atoms with Crippen molar-refractivity contribution in [1.29, 1.82) is 0 Å². The smallest absolute Gasteiger partial charge is 0.282 e. The van der Waals surface area contributed by atoms with Crippen LogP contribution in [0.1, 0.15) is 24.2 Å². The van der Waals surface area contributed by atoms with Crippen LogP contribution in [-0.4, -0.2) is 91.8 Å². The van der Waals surface area contributed by atoms with E-state index >= 15 is 0 Å². The minimum Gasteiger partial charge on any atom is -0.373 e. The Morgan fingerprint density at radius 2 is 1.67 bits per heavy atom. The highest BCUT2D eigenvalue weighted by atomic mass is 32.2. The topological polar surface area (TPSA) is 125 Å². The fourth-order valence-corrected chi connectivity index (χ4v) is 5.55. The van der Waals surface area contributed by atoms with E-state index in [-0.39, 0.29) is 30.2 Å². The summed E-state index contributed by atoms with van der Waals surface area (Å²) < 4.78 is 34.5. The van der Waals surface area contributed by atoms with Crippen LogP contribution in [0, 0.1) is 0 Å². The van der Waals surface area contributed by atoms with E-state index in [1.165, 1.54) is 8.61 Å². The van der Waals surface area contributed by atoms with Gasteiger partial charge in [-0.25, -0.2) is 0 Å². The second-order valence-corrected chi connectivity index (χ2v) is 9.64. The van der Waals surface area contributed by atoms with Gasteiger partial charge in [-0.1, -0.05) is 12.1 Å². The molecule has 2 aliphatic heterocycles. The van der Waals surface area contributed by atoms with Crippen molar-refractivity contribution in [3.8, 4) is 0 Å². The number of ether oxygens (including phenoxy) is 1. The summed E-state index contributed by atoms with van der Waals surface area (Å²) in [6, 6.07) is 6.55. The molecular weight excluding hydrogens is 410 g/mol. The fourth-order valence-electron chi connectivity index (χ4n) is 3.80. The number of hydrogen-bond donors (Lipinski definition) is 2. The summed E-state index contributed by atoms with van der Waals surface area (Å²) in [5.74, 6) is -0.896. The van der Waals surface area contributed by atoms with Crippen molar-refractivity contribution in [2.75, 3.05) is 51.1 Å². The van der Waals surface area contributed by atoms with Crippen LogP contribution in [0.3, 0.4) is 0 Å². The number of carbonyl (C=O) groups excluding carboxylic acids is 2. The lowest BCUT2D eigenvalue weighted by Gasteiger charge is -2.40. The van der Waals surface area contributed by atoms with Crippen LogP contribution in [0.5, 0.6) is 0 Å². The van der Waals surface area contributed by atoms with Gasteiger partial charge in [0.1, 0.15) is 0 Å². The number of para-hydroxylation sites is 1. The molecule has 0 aromatic heterocycles. The van der Waals surface area contributed by atoms with Crippen molar-refractivity contribution in [2.24, 2.45) is 5.73 Å². The predicted molar refractivity (Wildman–Crippen MR) is 112 cm³/mol. The largest absolute Gasteiger partial charge is 0.373 e. The maximum absolute atomic E-state index is 13.0. The number of primary amides is 1. The van der Waals surface area contributed by atoms with Gasteiger partial charge >= 0.3 is 0 Å². The van der Waals surface area contributed by atoms with E-state index in [4.69, 9.17) is 10.5 Å². The molecule has 166 valence electrons. The SMILES string of the molecule is C[C@H]1CN(S(=O)(=O)N2CCN(CC(=O)Nc3ccccc3C(N)=O)CC2)C[C@H](C)O1. The molecule has 2 saturated heterocycles. The second-order valence-electron chi connectivity index (χ2n) is 7.72. The molecule has 0 saturated carbocycles. The minimum atomic E-state index is -3.56. The molecule has 30 heavy (non-hydrogen) atoms. The first-order chi connectivity index (χ1) is 14.2. The van der Waals surface area contributed by atoms with Crippen molar-refractivity contribution in [2.45, 2.75) is 26.1 Å². The van der Waals surface area contributed by atoms with Crippen molar-refractivity contribution in [3.05, 3.63) is 29.8 Å². The van der Waals surface area contributed by atoms with E-state index in [1.807, 2.05) is 18.7 Å². The molecular formula is C19H29N5O5S. The number of morpholine rings is 1. The highest BCUT2D eigenvalue weighted by molar-refractivity contribution is 7.86. The fraction of sp³-hybridized carbons (Fsp3) is 0.579. The van der Waals surface area contributed by atoms with Crippen LogP contribution >= 0.6 is 0 Å². The van der Waals surface area contributed by atoms with Gasteiger partial charge in [0.25, 0.3) is 16.1 Å². The molecule has 1 aromatic rings. The zero-order valence-corrected chi connectivity index (χ0v) is 18.1. The molecule has 1 aromatic carbocycles. The Morgan fingerprint density at radius 3 is 2.27 bits per heavy atom. The Kier molecular flexibility index (Phi) is 7.09.